The van der Waals surface area contributed by atoms with E-state index in [9.17, 15) is 9.59 Å². The average molecular weight is 365 g/mol. The maximum atomic E-state index is 12.4. The second-order valence-corrected chi connectivity index (χ2v) is 6.76. The van der Waals surface area contributed by atoms with E-state index in [0.29, 0.717) is 16.1 Å². The molecular formula is C20H19N3O2S. The lowest BCUT2D eigenvalue weighted by molar-refractivity contribution is 0.0848. The Morgan fingerprint density at radius 2 is 1.62 bits per heavy atom. The Hall–Kier alpha value is -2.99. The van der Waals surface area contributed by atoms with Gasteiger partial charge in [0.05, 0.1) is 5.69 Å². The molecule has 0 saturated carbocycles. The molecule has 0 unspecified atom stereocenters. The normalized spacial score (nSPS) is 10.4. The number of hydrogen-bond acceptors (Lipinski definition) is 4. The summed E-state index contributed by atoms with van der Waals surface area (Å²) >= 11 is 1.30. The van der Waals surface area contributed by atoms with Gasteiger partial charge in [-0.3, -0.25) is 20.4 Å². The number of nitrogens with one attached hydrogen (secondary N) is 2. The molecule has 3 rings (SSSR count). The van der Waals surface area contributed by atoms with Crippen LogP contribution in [0.5, 0.6) is 0 Å². The first-order valence-corrected chi connectivity index (χ1v) is 9.12. The number of nitrogens with zero attached hydrogens (tertiary/aromatic N) is 1. The van der Waals surface area contributed by atoms with Crippen LogP contribution in [0.15, 0.2) is 54.6 Å². The highest BCUT2D eigenvalue weighted by Gasteiger charge is 2.17. The first kappa shape index (κ1) is 17.8. The Kier molecular flexibility index (Phi) is 5.43. The number of hydrazine groups is 1. The molecule has 0 atom stereocenters. The smallest absolute Gasteiger partial charge is 0.267 e. The van der Waals surface area contributed by atoms with Gasteiger partial charge in [0.1, 0.15) is 9.88 Å². The van der Waals surface area contributed by atoms with E-state index in [1.165, 1.54) is 11.3 Å². The summed E-state index contributed by atoms with van der Waals surface area (Å²) in [7, 11) is 0. The predicted molar refractivity (Wildman–Crippen MR) is 103 cm³/mol. The summed E-state index contributed by atoms with van der Waals surface area (Å²) in [5.41, 5.74) is 8.15. The van der Waals surface area contributed by atoms with Crippen LogP contribution < -0.4 is 10.9 Å². The van der Waals surface area contributed by atoms with Crippen molar-refractivity contribution in [3.8, 4) is 10.6 Å². The average Bonchev–Trinajstić information content (AvgIpc) is 3.08. The molecule has 0 saturated heterocycles. The number of hydrogen-bond donors (Lipinski definition) is 2. The molecule has 1 aromatic heterocycles. The van der Waals surface area contributed by atoms with Gasteiger partial charge in [0.25, 0.3) is 11.8 Å². The molecule has 0 aliphatic carbocycles. The molecule has 132 valence electrons. The molecule has 0 fully saturated rings. The van der Waals surface area contributed by atoms with E-state index in [-0.39, 0.29) is 11.8 Å². The number of aromatic nitrogens is 1. The number of rotatable bonds is 4. The Bertz CT molecular complexity index is 918. The summed E-state index contributed by atoms with van der Waals surface area (Å²) in [6.07, 6.45) is 0.910. The summed E-state index contributed by atoms with van der Waals surface area (Å²) in [5.74, 6) is -0.729. The predicted octanol–water partition coefficient (Wildman–Crippen LogP) is 3.76. The van der Waals surface area contributed by atoms with Crippen LogP contribution in [0.1, 0.15) is 38.2 Å². The van der Waals surface area contributed by atoms with Gasteiger partial charge in [-0.1, -0.05) is 49.4 Å². The van der Waals surface area contributed by atoms with Gasteiger partial charge in [0.2, 0.25) is 0 Å². The third kappa shape index (κ3) is 3.97. The highest BCUT2D eigenvalue weighted by Crippen LogP contribution is 2.27. The summed E-state index contributed by atoms with van der Waals surface area (Å²) in [6, 6.07) is 17.0. The molecule has 0 aliphatic rings. The molecule has 0 spiro atoms. The summed E-state index contributed by atoms with van der Waals surface area (Å²) in [4.78, 5) is 29.5. The first-order valence-electron chi connectivity index (χ1n) is 8.31. The fourth-order valence-electron chi connectivity index (χ4n) is 2.45. The minimum absolute atomic E-state index is 0.355. The van der Waals surface area contributed by atoms with Gasteiger partial charge in [-0.2, -0.15) is 0 Å². The zero-order chi connectivity index (χ0) is 18.5. The molecule has 0 radical (unpaired) electrons. The van der Waals surface area contributed by atoms with Crippen molar-refractivity contribution in [1.29, 1.82) is 0 Å². The standard InChI is InChI=1S/C20H19N3O2S/c1-3-14-9-11-15(12-10-14)18(24)22-23-19(25)17-13(2)21-20(26-17)16-7-5-4-6-8-16/h4-12H,3H2,1-2H3,(H,22,24)(H,23,25). The number of aryl methyl sites for hydroxylation is 2. The third-order valence-electron chi connectivity index (χ3n) is 3.94. The maximum absolute atomic E-state index is 12.4. The van der Waals surface area contributed by atoms with Crippen molar-refractivity contribution >= 4 is 23.2 Å². The molecule has 2 amide bonds. The van der Waals surface area contributed by atoms with Crippen molar-refractivity contribution in [2.24, 2.45) is 0 Å². The number of thiazole rings is 1. The lowest BCUT2D eigenvalue weighted by Crippen LogP contribution is -2.41. The number of carbonyl (C=O) groups excluding carboxylic acids is 2. The fourth-order valence-corrected chi connectivity index (χ4v) is 3.41. The SMILES string of the molecule is CCc1ccc(C(=O)NNC(=O)c2sc(-c3ccccc3)nc2C)cc1. The quantitative estimate of drug-likeness (QED) is 0.692. The van der Waals surface area contributed by atoms with Crippen LogP contribution in [0.3, 0.4) is 0 Å². The maximum Gasteiger partial charge on any atom is 0.281 e. The topological polar surface area (TPSA) is 71.1 Å². The molecule has 26 heavy (non-hydrogen) atoms. The second kappa shape index (κ2) is 7.93. The van der Waals surface area contributed by atoms with Crippen molar-refractivity contribution in [2.45, 2.75) is 20.3 Å². The molecule has 3 aromatic rings. The molecular weight excluding hydrogens is 346 g/mol. The molecule has 1 heterocycles. The van der Waals surface area contributed by atoms with Crippen molar-refractivity contribution in [1.82, 2.24) is 15.8 Å². The molecule has 0 bridgehead atoms. The van der Waals surface area contributed by atoms with Gasteiger partial charge < -0.3 is 0 Å². The van der Waals surface area contributed by atoms with Crippen LogP contribution in [0.2, 0.25) is 0 Å². The Morgan fingerprint density at radius 1 is 0.962 bits per heavy atom. The van der Waals surface area contributed by atoms with Crippen LogP contribution in [0.25, 0.3) is 10.6 Å². The van der Waals surface area contributed by atoms with Gasteiger partial charge in [-0.25, -0.2) is 4.98 Å². The summed E-state index contributed by atoms with van der Waals surface area (Å²) < 4.78 is 0. The first-order chi connectivity index (χ1) is 12.6. The minimum atomic E-state index is -0.374. The Balaban J connectivity index is 1.66. The van der Waals surface area contributed by atoms with Gasteiger partial charge >= 0.3 is 0 Å². The molecule has 2 N–H and O–H groups in total. The van der Waals surface area contributed by atoms with Crippen LogP contribution in [-0.2, 0) is 6.42 Å². The van der Waals surface area contributed by atoms with E-state index in [2.05, 4.69) is 22.8 Å². The minimum Gasteiger partial charge on any atom is -0.267 e. The van der Waals surface area contributed by atoms with E-state index in [1.807, 2.05) is 42.5 Å². The van der Waals surface area contributed by atoms with E-state index in [1.54, 1.807) is 19.1 Å². The zero-order valence-corrected chi connectivity index (χ0v) is 15.4. The van der Waals surface area contributed by atoms with Gasteiger partial charge in [-0.05, 0) is 31.0 Å². The number of benzene rings is 2. The van der Waals surface area contributed by atoms with E-state index in [0.717, 1.165) is 22.6 Å². The van der Waals surface area contributed by atoms with Crippen molar-refractivity contribution in [3.05, 3.63) is 76.3 Å². The monoisotopic (exact) mass is 365 g/mol. The molecule has 5 nitrogen and oxygen atoms in total. The van der Waals surface area contributed by atoms with E-state index in [4.69, 9.17) is 0 Å². The summed E-state index contributed by atoms with van der Waals surface area (Å²) in [6.45, 7) is 3.83. The van der Waals surface area contributed by atoms with Crippen LogP contribution >= 0.6 is 11.3 Å². The van der Waals surface area contributed by atoms with Gasteiger partial charge in [-0.15, -0.1) is 11.3 Å². The third-order valence-corrected chi connectivity index (χ3v) is 5.14. The van der Waals surface area contributed by atoms with Crippen LogP contribution in [0.4, 0.5) is 0 Å². The lowest BCUT2D eigenvalue weighted by atomic mass is 10.1. The second-order valence-electron chi connectivity index (χ2n) is 5.76. The van der Waals surface area contributed by atoms with Gasteiger partial charge in [0.15, 0.2) is 0 Å². The lowest BCUT2D eigenvalue weighted by Gasteiger charge is -2.07. The van der Waals surface area contributed by atoms with Crippen molar-refractivity contribution < 1.29 is 9.59 Å². The van der Waals surface area contributed by atoms with Crippen LogP contribution in [0, 0.1) is 6.92 Å². The van der Waals surface area contributed by atoms with Crippen LogP contribution in [-0.4, -0.2) is 16.8 Å². The number of carbonyl (C=O) groups is 2. The van der Waals surface area contributed by atoms with Crippen molar-refractivity contribution in [2.75, 3.05) is 0 Å². The number of amides is 2. The van der Waals surface area contributed by atoms with Crippen molar-refractivity contribution in [3.63, 3.8) is 0 Å². The van der Waals surface area contributed by atoms with E-state index < -0.39 is 0 Å². The highest BCUT2D eigenvalue weighted by molar-refractivity contribution is 7.17. The highest BCUT2D eigenvalue weighted by atomic mass is 32.1. The molecule has 0 aliphatic heterocycles. The zero-order valence-electron chi connectivity index (χ0n) is 14.6. The van der Waals surface area contributed by atoms with Gasteiger partial charge in [0, 0.05) is 11.1 Å². The Labute approximate surface area is 156 Å². The summed E-state index contributed by atoms with van der Waals surface area (Å²) in [5, 5.41) is 0.773. The molecule has 6 heteroatoms. The Morgan fingerprint density at radius 3 is 2.27 bits per heavy atom. The fraction of sp³-hybridized carbons (Fsp3) is 0.150. The largest absolute Gasteiger partial charge is 0.281 e. The van der Waals surface area contributed by atoms with E-state index >= 15 is 0 Å². The molecule has 2 aromatic carbocycles.